The third kappa shape index (κ3) is 4.11. The van der Waals surface area contributed by atoms with E-state index in [4.69, 9.17) is 4.74 Å². The largest absolute Gasteiger partial charge is 0.497 e. The number of benzene rings is 2. The molecular weight excluding hydrogens is 342 g/mol. The molecule has 6 heteroatoms. The van der Waals surface area contributed by atoms with Gasteiger partial charge in [-0.1, -0.05) is 31.2 Å². The zero-order valence-corrected chi connectivity index (χ0v) is 15.9. The Morgan fingerprint density at radius 1 is 1.22 bits per heavy atom. The molecule has 0 spiro atoms. The van der Waals surface area contributed by atoms with Crippen molar-refractivity contribution in [3.8, 4) is 5.75 Å². The van der Waals surface area contributed by atoms with E-state index in [-0.39, 0.29) is 24.4 Å². The minimum atomic E-state index is -0.434. The van der Waals surface area contributed by atoms with E-state index in [1.165, 1.54) is 0 Å². The molecule has 3 rings (SSSR count). The van der Waals surface area contributed by atoms with Crippen LogP contribution in [0.4, 0.5) is 11.4 Å². The number of hydrogen-bond acceptors (Lipinski definition) is 4. The lowest BCUT2D eigenvalue weighted by Crippen LogP contribution is -2.50. The van der Waals surface area contributed by atoms with Crippen LogP contribution >= 0.6 is 0 Å². The van der Waals surface area contributed by atoms with Crippen LogP contribution in [-0.2, 0) is 9.59 Å². The smallest absolute Gasteiger partial charge is 0.244 e. The summed E-state index contributed by atoms with van der Waals surface area (Å²) in [6.07, 6.45) is 0.834. The highest BCUT2D eigenvalue weighted by molar-refractivity contribution is 6.11. The minimum absolute atomic E-state index is 0.0290. The Bertz CT molecular complexity index is 820. The van der Waals surface area contributed by atoms with E-state index in [0.29, 0.717) is 5.69 Å². The summed E-state index contributed by atoms with van der Waals surface area (Å²) in [6, 6.07) is 14.8. The molecule has 2 aromatic rings. The number of hydrogen-bond donors (Lipinski definition) is 2. The van der Waals surface area contributed by atoms with E-state index in [2.05, 4.69) is 17.6 Å². The quantitative estimate of drug-likeness (QED) is 0.823. The molecule has 27 heavy (non-hydrogen) atoms. The van der Waals surface area contributed by atoms with Crippen molar-refractivity contribution < 1.29 is 14.3 Å². The van der Waals surface area contributed by atoms with Crippen molar-refractivity contribution in [3.63, 3.8) is 0 Å². The van der Waals surface area contributed by atoms with Crippen molar-refractivity contribution in [2.24, 2.45) is 0 Å². The molecule has 2 N–H and O–H groups in total. The van der Waals surface area contributed by atoms with E-state index in [1.807, 2.05) is 49.4 Å². The Labute approximate surface area is 159 Å². The average Bonchev–Trinajstić information content (AvgIpc) is 2.70. The molecule has 142 valence electrons. The number of anilines is 2. The molecule has 0 fully saturated rings. The lowest BCUT2D eigenvalue weighted by Gasteiger charge is -2.32. The Hall–Kier alpha value is -2.86. The molecule has 0 aromatic heterocycles. The second kappa shape index (κ2) is 8.22. The Kier molecular flexibility index (Phi) is 5.76. The SMILES string of the molecule is CC[C@H](N[C@@H](C)C(=O)N1CC(=O)Nc2ccccc21)c1ccc(OC)cc1. The van der Waals surface area contributed by atoms with Crippen molar-refractivity contribution in [3.05, 3.63) is 54.1 Å². The average molecular weight is 367 g/mol. The predicted molar refractivity (Wildman–Crippen MR) is 106 cm³/mol. The maximum Gasteiger partial charge on any atom is 0.244 e. The van der Waals surface area contributed by atoms with Crippen molar-refractivity contribution in [2.75, 3.05) is 23.9 Å². The molecule has 2 atom stereocenters. The van der Waals surface area contributed by atoms with Gasteiger partial charge in [0.05, 0.1) is 24.5 Å². The molecule has 0 aliphatic carbocycles. The Morgan fingerprint density at radius 2 is 1.93 bits per heavy atom. The first kappa shape index (κ1) is 18.9. The van der Waals surface area contributed by atoms with Gasteiger partial charge in [0.1, 0.15) is 12.3 Å². The fourth-order valence-corrected chi connectivity index (χ4v) is 3.32. The van der Waals surface area contributed by atoms with Gasteiger partial charge < -0.3 is 10.1 Å². The normalized spacial score (nSPS) is 15.5. The highest BCUT2D eigenvalue weighted by atomic mass is 16.5. The number of nitrogens with one attached hydrogen (secondary N) is 2. The number of amides is 2. The second-order valence-electron chi connectivity index (χ2n) is 6.61. The van der Waals surface area contributed by atoms with Crippen LogP contribution in [-0.4, -0.2) is 31.5 Å². The number of fused-ring (bicyclic) bond motifs is 1. The van der Waals surface area contributed by atoms with Crippen LogP contribution in [0.3, 0.4) is 0 Å². The van der Waals surface area contributed by atoms with Gasteiger partial charge in [0.25, 0.3) is 0 Å². The van der Waals surface area contributed by atoms with Gasteiger partial charge in [-0.25, -0.2) is 0 Å². The number of ether oxygens (including phenoxy) is 1. The molecule has 1 aliphatic heterocycles. The van der Waals surface area contributed by atoms with Crippen LogP contribution in [0, 0.1) is 0 Å². The molecule has 2 amide bonds. The minimum Gasteiger partial charge on any atom is -0.497 e. The number of nitrogens with zero attached hydrogens (tertiary/aromatic N) is 1. The van der Waals surface area contributed by atoms with E-state index < -0.39 is 6.04 Å². The highest BCUT2D eigenvalue weighted by Crippen LogP contribution is 2.29. The van der Waals surface area contributed by atoms with Gasteiger partial charge in [-0.15, -0.1) is 0 Å². The maximum atomic E-state index is 13.1. The van der Waals surface area contributed by atoms with E-state index >= 15 is 0 Å². The molecule has 0 unspecified atom stereocenters. The topological polar surface area (TPSA) is 70.7 Å². The number of para-hydroxylation sites is 2. The molecule has 0 saturated carbocycles. The molecule has 0 bridgehead atoms. The summed E-state index contributed by atoms with van der Waals surface area (Å²) in [4.78, 5) is 26.6. The van der Waals surface area contributed by atoms with Crippen LogP contribution in [0.5, 0.6) is 5.75 Å². The summed E-state index contributed by atoms with van der Waals surface area (Å²) < 4.78 is 5.21. The van der Waals surface area contributed by atoms with Crippen LogP contribution in [0.2, 0.25) is 0 Å². The van der Waals surface area contributed by atoms with Crippen molar-refractivity contribution in [1.29, 1.82) is 0 Å². The second-order valence-corrected chi connectivity index (χ2v) is 6.61. The van der Waals surface area contributed by atoms with Crippen LogP contribution in [0.1, 0.15) is 31.9 Å². The molecule has 0 radical (unpaired) electrons. The number of carbonyl (C=O) groups is 2. The summed E-state index contributed by atoms with van der Waals surface area (Å²) in [5.41, 5.74) is 2.49. The zero-order valence-electron chi connectivity index (χ0n) is 15.9. The third-order valence-electron chi connectivity index (χ3n) is 4.78. The summed E-state index contributed by atoms with van der Waals surface area (Å²) >= 11 is 0. The van der Waals surface area contributed by atoms with Gasteiger partial charge in [0, 0.05) is 6.04 Å². The molecule has 2 aromatic carbocycles. The predicted octanol–water partition coefficient (Wildman–Crippen LogP) is 3.11. The zero-order chi connectivity index (χ0) is 19.4. The van der Waals surface area contributed by atoms with Gasteiger partial charge >= 0.3 is 0 Å². The Morgan fingerprint density at radius 3 is 2.59 bits per heavy atom. The molecule has 6 nitrogen and oxygen atoms in total. The Balaban J connectivity index is 1.75. The van der Waals surface area contributed by atoms with Crippen molar-refractivity contribution in [2.45, 2.75) is 32.4 Å². The van der Waals surface area contributed by atoms with Crippen LogP contribution < -0.4 is 20.3 Å². The summed E-state index contributed by atoms with van der Waals surface area (Å²) in [5, 5.41) is 6.21. The first-order valence-electron chi connectivity index (χ1n) is 9.13. The van der Waals surface area contributed by atoms with Crippen molar-refractivity contribution >= 4 is 23.2 Å². The monoisotopic (exact) mass is 367 g/mol. The van der Waals surface area contributed by atoms with Gasteiger partial charge in [-0.2, -0.15) is 0 Å². The van der Waals surface area contributed by atoms with Gasteiger partial charge in [-0.3, -0.25) is 19.8 Å². The fraction of sp³-hybridized carbons (Fsp3) is 0.333. The van der Waals surface area contributed by atoms with Crippen LogP contribution in [0.15, 0.2) is 48.5 Å². The van der Waals surface area contributed by atoms with E-state index in [9.17, 15) is 9.59 Å². The fourth-order valence-electron chi connectivity index (χ4n) is 3.32. The summed E-state index contributed by atoms with van der Waals surface area (Å²) in [5.74, 6) is 0.495. The van der Waals surface area contributed by atoms with E-state index in [0.717, 1.165) is 23.4 Å². The van der Waals surface area contributed by atoms with Crippen LogP contribution in [0.25, 0.3) is 0 Å². The summed E-state index contributed by atoms with van der Waals surface area (Å²) in [6.45, 7) is 3.94. The lowest BCUT2D eigenvalue weighted by atomic mass is 10.0. The standard InChI is InChI=1S/C21H25N3O3/c1-4-17(15-9-11-16(27-3)12-10-15)22-14(2)21(26)24-13-20(25)23-18-7-5-6-8-19(18)24/h5-12,14,17,22H,4,13H2,1-3H3,(H,23,25)/t14-,17-/m0/s1. The number of rotatable bonds is 6. The molecule has 1 heterocycles. The van der Waals surface area contributed by atoms with Gasteiger partial charge in [-0.05, 0) is 43.2 Å². The van der Waals surface area contributed by atoms with E-state index in [1.54, 1.807) is 18.1 Å². The first-order chi connectivity index (χ1) is 13.0. The van der Waals surface area contributed by atoms with Gasteiger partial charge in [0.2, 0.25) is 11.8 Å². The lowest BCUT2D eigenvalue weighted by molar-refractivity contribution is -0.123. The number of methoxy groups -OCH3 is 1. The molecular formula is C21H25N3O3. The number of carbonyl (C=O) groups excluding carboxylic acids is 2. The first-order valence-corrected chi connectivity index (χ1v) is 9.13. The highest BCUT2D eigenvalue weighted by Gasteiger charge is 2.30. The van der Waals surface area contributed by atoms with Gasteiger partial charge in [0.15, 0.2) is 0 Å². The molecule has 1 aliphatic rings. The van der Waals surface area contributed by atoms with Crippen molar-refractivity contribution in [1.82, 2.24) is 5.32 Å². The maximum absolute atomic E-state index is 13.1. The molecule has 0 saturated heterocycles. The summed E-state index contributed by atoms with van der Waals surface area (Å²) in [7, 11) is 1.64. The third-order valence-corrected chi connectivity index (χ3v) is 4.78.